The molecule has 2 unspecified atom stereocenters. The summed E-state index contributed by atoms with van der Waals surface area (Å²) < 4.78 is 30.6. The Hall–Kier alpha value is -5.16. The van der Waals surface area contributed by atoms with Gasteiger partial charge in [-0.2, -0.15) is 0 Å². The summed E-state index contributed by atoms with van der Waals surface area (Å²) in [4.78, 5) is 53.1. The van der Waals surface area contributed by atoms with Crippen LogP contribution in [-0.4, -0.2) is 118 Å². The predicted molar refractivity (Wildman–Crippen MR) is 301 cm³/mol. The van der Waals surface area contributed by atoms with Crippen LogP contribution < -0.4 is 31.3 Å². The van der Waals surface area contributed by atoms with Crippen LogP contribution in [0.4, 0.5) is 0 Å². The number of aryl methyl sites for hydroxylation is 1. The van der Waals surface area contributed by atoms with Gasteiger partial charge < -0.3 is 31.0 Å². The average Bonchev–Trinajstić information content (AvgIpc) is 4.18. The predicted octanol–water partition coefficient (Wildman–Crippen LogP) is 8.07. The fraction of sp³-hybridized carbons (Fsp3) is 0.661. The molecule has 1 saturated carbocycles. The van der Waals surface area contributed by atoms with E-state index < -0.39 is 15.9 Å². The first-order valence-electron chi connectivity index (χ1n) is 27.0. The second-order valence-corrected chi connectivity index (χ2v) is 23.0. The molecule has 1 fully saturated rings. The molecule has 0 aromatic carbocycles. The van der Waals surface area contributed by atoms with Crippen molar-refractivity contribution in [2.45, 2.75) is 191 Å². The van der Waals surface area contributed by atoms with Crippen molar-refractivity contribution >= 4 is 50.8 Å². The number of nitrogens with zero attached hydrogens (tertiary/aromatic N) is 4. The Morgan fingerprint density at radius 3 is 1.64 bits per heavy atom. The lowest BCUT2D eigenvalue weighted by molar-refractivity contribution is -0.116. The van der Waals surface area contributed by atoms with Gasteiger partial charge in [-0.15, -0.1) is 0 Å². The van der Waals surface area contributed by atoms with Crippen LogP contribution in [0.2, 0.25) is 0 Å². The minimum atomic E-state index is -3.52. The van der Waals surface area contributed by atoms with Crippen LogP contribution in [0.15, 0.2) is 83.1 Å². The molecule has 1 aliphatic carbocycles. The van der Waals surface area contributed by atoms with E-state index in [-0.39, 0.29) is 29.9 Å². The Morgan fingerprint density at radius 1 is 0.644 bits per heavy atom. The monoisotopic (exact) mass is 1030 g/mol. The number of amidine groups is 4. The van der Waals surface area contributed by atoms with E-state index in [2.05, 4.69) is 134 Å². The molecule has 408 valence electrons. The number of furan rings is 1. The van der Waals surface area contributed by atoms with Gasteiger partial charge in [-0.3, -0.25) is 34.4 Å². The summed E-state index contributed by atoms with van der Waals surface area (Å²) in [5, 5.41) is 16.3. The van der Waals surface area contributed by atoms with Gasteiger partial charge in [-0.1, -0.05) is 60.3 Å². The molecule has 6 rings (SSSR count). The minimum Gasteiger partial charge on any atom is -0.466 e. The van der Waals surface area contributed by atoms with Crippen molar-refractivity contribution in [3.63, 3.8) is 0 Å². The standard InChI is InChI=1S/C16H27N3O.C15H26N2O.C14H20N2O.C11H19N3O3S/c1-11(2)19-16-8-13(9-18-16)15(20)10-17-14-7-5-4-6-12(14)3;1-11(2)7-5-6-8-14(18)13-9-15(16-10-13)17-12(3)4;1-4-12-5-6-13(17-12)7-11-8-14(15-9-11)16-10(2)3;1-4-5-18(16,17)14-11(15)9-6-10(12-7-9)13-8(2)3/h8,11-12,14,17H,4-7,9-10H2,1-3H3,(H,18,19);9,11-12H,5-8,10H2,1-4H3,(H,16,17);5-6,8,10H,4,7,9H2,1-3H3,(H,15,16);6,8H,4-5,7H2,1-3H3,(H,12,13)(H,14,15). The molecule has 0 spiro atoms. The summed E-state index contributed by atoms with van der Waals surface area (Å²) in [6.07, 6.45) is 18.9. The van der Waals surface area contributed by atoms with E-state index in [0.29, 0.717) is 74.0 Å². The third kappa shape index (κ3) is 25.1. The average molecular weight is 1030 g/mol. The maximum Gasteiger partial charge on any atom is 0.262 e. The van der Waals surface area contributed by atoms with Crippen molar-refractivity contribution in [2.24, 2.45) is 31.8 Å². The van der Waals surface area contributed by atoms with Crippen LogP contribution in [0.3, 0.4) is 0 Å². The topological polar surface area (TPSA) is 220 Å². The molecule has 5 heterocycles. The molecule has 0 bridgehead atoms. The van der Waals surface area contributed by atoms with E-state index in [1.807, 2.05) is 30.7 Å². The number of sulfonamides is 1. The summed E-state index contributed by atoms with van der Waals surface area (Å²) in [6, 6.07) is 5.97. The highest BCUT2D eigenvalue weighted by Gasteiger charge is 2.24. The van der Waals surface area contributed by atoms with E-state index in [9.17, 15) is 22.8 Å². The third-order valence-corrected chi connectivity index (χ3v) is 13.4. The first-order chi connectivity index (χ1) is 34.6. The highest BCUT2D eigenvalue weighted by Crippen LogP contribution is 2.24. The van der Waals surface area contributed by atoms with Gasteiger partial charge in [0.15, 0.2) is 11.6 Å². The van der Waals surface area contributed by atoms with Crippen LogP contribution in [0.1, 0.15) is 159 Å². The van der Waals surface area contributed by atoms with Crippen molar-refractivity contribution in [3.05, 3.63) is 70.2 Å². The van der Waals surface area contributed by atoms with Crippen LogP contribution in [0, 0.1) is 11.8 Å². The number of nitrogens with one attached hydrogen (secondary N) is 6. The summed E-state index contributed by atoms with van der Waals surface area (Å²) in [6.45, 7) is 29.5. The van der Waals surface area contributed by atoms with Crippen LogP contribution in [0.5, 0.6) is 0 Å². The highest BCUT2D eigenvalue weighted by molar-refractivity contribution is 7.90. The number of carbonyl (C=O) groups excluding carboxylic acids is 3. The SMILES string of the molecule is CC(C)CCCCC(=O)C1=CC(NC(C)C)=NC1.CC(C)NC1=NCC(C(=O)CNC2CCCCC2C)=C1.CCCS(=O)(=O)NC(=O)C1=CC(NC(C)C)=NC1.CCc1ccc(CC2=CC(NC(C)C)=NC2)o1. The van der Waals surface area contributed by atoms with E-state index in [4.69, 9.17) is 4.42 Å². The molecule has 5 aliphatic rings. The van der Waals surface area contributed by atoms with Gasteiger partial charge in [0.1, 0.15) is 34.9 Å². The molecule has 1 amide bonds. The van der Waals surface area contributed by atoms with Gasteiger partial charge in [0.25, 0.3) is 5.91 Å². The lowest BCUT2D eigenvalue weighted by Gasteiger charge is -2.29. The second-order valence-electron chi connectivity index (χ2n) is 21.2. The number of ketones is 2. The van der Waals surface area contributed by atoms with E-state index in [0.717, 1.165) is 78.3 Å². The van der Waals surface area contributed by atoms with Crippen molar-refractivity contribution in [1.82, 2.24) is 31.3 Å². The summed E-state index contributed by atoms with van der Waals surface area (Å²) >= 11 is 0. The molecule has 1 aromatic heterocycles. The molecule has 17 heteroatoms. The van der Waals surface area contributed by atoms with Crippen LogP contribution in [-0.2, 0) is 37.2 Å². The second kappa shape index (κ2) is 32.2. The van der Waals surface area contributed by atoms with Crippen molar-refractivity contribution < 1.29 is 27.2 Å². The molecule has 6 N–H and O–H groups in total. The maximum atomic E-state index is 12.2. The first-order valence-corrected chi connectivity index (χ1v) is 28.7. The Kier molecular flexibility index (Phi) is 27.4. The molecule has 16 nitrogen and oxygen atoms in total. The number of hydrogen-bond donors (Lipinski definition) is 6. The number of unbranched alkanes of at least 4 members (excludes halogenated alkanes) is 1. The Morgan fingerprint density at radius 2 is 1.14 bits per heavy atom. The molecule has 4 aliphatic heterocycles. The normalized spacial score (nSPS) is 18.2. The minimum absolute atomic E-state index is 0.0516. The van der Waals surface area contributed by atoms with Gasteiger partial charge in [0.05, 0.1) is 38.5 Å². The van der Waals surface area contributed by atoms with Gasteiger partial charge in [0.2, 0.25) is 10.0 Å². The van der Waals surface area contributed by atoms with Gasteiger partial charge in [-0.25, -0.2) is 13.1 Å². The van der Waals surface area contributed by atoms with E-state index >= 15 is 0 Å². The lowest BCUT2D eigenvalue weighted by Crippen LogP contribution is -2.40. The number of carbonyl (C=O) groups is 3. The third-order valence-electron chi connectivity index (χ3n) is 12.0. The van der Waals surface area contributed by atoms with Crippen LogP contribution in [0.25, 0.3) is 0 Å². The van der Waals surface area contributed by atoms with Crippen molar-refractivity contribution in [2.75, 3.05) is 38.5 Å². The number of Topliss-reactive ketones (excluding diaryl/α,β-unsaturated/α-hetero) is 2. The Bertz CT molecular complexity index is 2310. The molecular formula is C56H92N10O6S. The molecule has 0 saturated heterocycles. The van der Waals surface area contributed by atoms with Crippen molar-refractivity contribution in [3.8, 4) is 0 Å². The fourth-order valence-electron chi connectivity index (χ4n) is 8.28. The maximum absolute atomic E-state index is 12.2. The molecule has 1 aromatic rings. The quantitative estimate of drug-likeness (QED) is 0.0647. The Labute approximate surface area is 439 Å². The molecule has 73 heavy (non-hydrogen) atoms. The molecular weight excluding hydrogens is 941 g/mol. The zero-order valence-electron chi connectivity index (χ0n) is 46.7. The fourth-order valence-corrected chi connectivity index (χ4v) is 9.33. The number of hydrogen-bond acceptors (Lipinski definition) is 15. The van der Waals surface area contributed by atoms with E-state index in [1.54, 1.807) is 13.0 Å². The number of amides is 1. The number of rotatable bonds is 21. The van der Waals surface area contributed by atoms with Gasteiger partial charge >= 0.3 is 0 Å². The van der Waals surface area contributed by atoms with Crippen molar-refractivity contribution in [1.29, 1.82) is 0 Å². The molecule has 2 atom stereocenters. The van der Waals surface area contributed by atoms with Gasteiger partial charge in [0, 0.05) is 66.2 Å². The largest absolute Gasteiger partial charge is 0.466 e. The summed E-state index contributed by atoms with van der Waals surface area (Å²) in [7, 11) is -3.52. The molecule has 0 radical (unpaired) electrons. The Balaban J connectivity index is 0.000000257. The van der Waals surface area contributed by atoms with Crippen LogP contribution >= 0.6 is 0 Å². The first kappa shape index (κ1) is 62.1. The smallest absolute Gasteiger partial charge is 0.262 e. The highest BCUT2D eigenvalue weighted by atomic mass is 32.2. The number of aliphatic imine (C=N–C) groups is 4. The summed E-state index contributed by atoms with van der Waals surface area (Å²) in [5.41, 5.74) is 3.36. The van der Waals surface area contributed by atoms with Gasteiger partial charge in [-0.05, 0) is 135 Å². The zero-order valence-corrected chi connectivity index (χ0v) is 47.5. The lowest BCUT2D eigenvalue weighted by atomic mass is 9.86. The van der Waals surface area contributed by atoms with E-state index in [1.165, 1.54) is 37.7 Å². The zero-order chi connectivity index (χ0) is 54.1. The summed E-state index contributed by atoms with van der Waals surface area (Å²) in [5.74, 6) is 6.63.